The number of amides is 1. The summed E-state index contributed by atoms with van der Waals surface area (Å²) in [6.45, 7) is 2.51. The van der Waals surface area contributed by atoms with Crippen LogP contribution < -0.4 is 5.32 Å². The van der Waals surface area contributed by atoms with E-state index in [0.717, 1.165) is 16.4 Å². The van der Waals surface area contributed by atoms with Crippen LogP contribution in [0.4, 0.5) is 0 Å². The van der Waals surface area contributed by atoms with E-state index in [1.54, 1.807) is 35.7 Å². The fourth-order valence-corrected chi connectivity index (χ4v) is 3.15. The molecule has 0 aliphatic rings. The molecule has 0 bridgehead atoms. The summed E-state index contributed by atoms with van der Waals surface area (Å²) in [5.74, 6) is -0.0226. The van der Waals surface area contributed by atoms with Crippen molar-refractivity contribution in [2.75, 3.05) is 6.54 Å². The third-order valence-corrected chi connectivity index (χ3v) is 4.46. The van der Waals surface area contributed by atoms with Crippen LogP contribution in [0, 0.1) is 0 Å². The molecule has 0 saturated heterocycles. The van der Waals surface area contributed by atoms with Gasteiger partial charge >= 0.3 is 0 Å². The van der Waals surface area contributed by atoms with Crippen molar-refractivity contribution < 1.29 is 4.79 Å². The van der Waals surface area contributed by atoms with Crippen LogP contribution in [0.1, 0.15) is 25.1 Å². The first-order valence-electron chi connectivity index (χ1n) is 7.75. The molecule has 3 aromatic rings. The van der Waals surface area contributed by atoms with Crippen molar-refractivity contribution in [1.29, 1.82) is 0 Å². The van der Waals surface area contributed by atoms with Gasteiger partial charge in [-0.2, -0.15) is 5.10 Å². The molecule has 7 nitrogen and oxygen atoms in total. The molecule has 8 heteroatoms. The van der Waals surface area contributed by atoms with Gasteiger partial charge in [-0.3, -0.25) is 19.4 Å². The number of nitrogens with one attached hydrogen (secondary N) is 1. The average Bonchev–Trinajstić information content (AvgIpc) is 3.28. The Kier molecular flexibility index (Phi) is 5.27. The van der Waals surface area contributed by atoms with E-state index in [1.165, 1.54) is 11.3 Å². The van der Waals surface area contributed by atoms with Gasteiger partial charge in [-0.25, -0.2) is 4.98 Å². The third kappa shape index (κ3) is 3.83. The fraction of sp³-hybridized carbons (Fsp3) is 0.312. The maximum Gasteiger partial charge on any atom is 0.244 e. The molecule has 1 amide bonds. The predicted molar refractivity (Wildman–Crippen MR) is 91.4 cm³/mol. The number of carbonyl (C=O) groups is 1. The Morgan fingerprint density at radius 2 is 2.29 bits per heavy atom. The molecular formula is C16H18N6OS. The number of aromatic nitrogens is 5. The molecule has 3 aromatic heterocycles. The molecule has 24 heavy (non-hydrogen) atoms. The highest BCUT2D eigenvalue weighted by Gasteiger charge is 2.18. The van der Waals surface area contributed by atoms with Gasteiger partial charge in [-0.15, -0.1) is 11.3 Å². The molecule has 0 unspecified atom stereocenters. The minimum absolute atomic E-state index is 0.0226. The summed E-state index contributed by atoms with van der Waals surface area (Å²) in [7, 11) is 0. The van der Waals surface area contributed by atoms with E-state index in [1.807, 2.05) is 18.4 Å². The Labute approximate surface area is 143 Å². The standard InChI is InChI=1S/C16H18N6OS/c1-2-14(22-9-3-5-20-22)15(23)19-6-4-12-11-24-16(21-12)13-10-17-7-8-18-13/h3,5,7-11,14H,2,4,6H2,1H3,(H,19,23)/t14-/m1/s1. The van der Waals surface area contributed by atoms with Crippen LogP contribution in [-0.4, -0.2) is 37.2 Å². The second-order valence-corrected chi connectivity index (χ2v) is 6.04. The molecule has 0 saturated carbocycles. The second-order valence-electron chi connectivity index (χ2n) is 5.19. The predicted octanol–water partition coefficient (Wildman–Crippen LogP) is 2.11. The summed E-state index contributed by atoms with van der Waals surface area (Å²) in [6.07, 6.45) is 9.84. The lowest BCUT2D eigenvalue weighted by Crippen LogP contribution is -2.33. The van der Waals surface area contributed by atoms with Crippen molar-refractivity contribution >= 4 is 17.2 Å². The van der Waals surface area contributed by atoms with Gasteiger partial charge in [0.05, 0.1) is 11.9 Å². The molecule has 0 fully saturated rings. The minimum Gasteiger partial charge on any atom is -0.354 e. The fourth-order valence-electron chi connectivity index (χ4n) is 2.34. The summed E-state index contributed by atoms with van der Waals surface area (Å²) < 4.78 is 1.68. The Morgan fingerprint density at radius 1 is 1.38 bits per heavy atom. The van der Waals surface area contributed by atoms with Crippen molar-refractivity contribution in [1.82, 2.24) is 30.0 Å². The van der Waals surface area contributed by atoms with Gasteiger partial charge in [0.1, 0.15) is 16.7 Å². The molecule has 1 atom stereocenters. The first-order valence-corrected chi connectivity index (χ1v) is 8.63. The molecule has 3 rings (SSSR count). The highest BCUT2D eigenvalue weighted by molar-refractivity contribution is 7.13. The van der Waals surface area contributed by atoms with Crippen LogP contribution in [-0.2, 0) is 11.2 Å². The van der Waals surface area contributed by atoms with E-state index >= 15 is 0 Å². The number of nitrogens with zero attached hydrogens (tertiary/aromatic N) is 5. The topological polar surface area (TPSA) is 85.6 Å². The number of rotatable bonds is 7. The molecule has 124 valence electrons. The van der Waals surface area contributed by atoms with Gasteiger partial charge in [0.25, 0.3) is 0 Å². The van der Waals surface area contributed by atoms with Crippen LogP contribution in [0.15, 0.2) is 42.4 Å². The largest absolute Gasteiger partial charge is 0.354 e. The van der Waals surface area contributed by atoms with Crippen LogP contribution in [0.3, 0.4) is 0 Å². The van der Waals surface area contributed by atoms with E-state index in [2.05, 4.69) is 25.4 Å². The van der Waals surface area contributed by atoms with Gasteiger partial charge in [0.15, 0.2) is 0 Å². The number of hydrogen-bond acceptors (Lipinski definition) is 6. The normalized spacial score (nSPS) is 12.0. The van der Waals surface area contributed by atoms with Crippen molar-refractivity contribution in [3.8, 4) is 10.7 Å². The van der Waals surface area contributed by atoms with Crippen LogP contribution in [0.5, 0.6) is 0 Å². The maximum atomic E-state index is 12.3. The lowest BCUT2D eigenvalue weighted by Gasteiger charge is -2.15. The van der Waals surface area contributed by atoms with Crippen LogP contribution in [0.2, 0.25) is 0 Å². The summed E-state index contributed by atoms with van der Waals surface area (Å²) in [6, 6.07) is 1.55. The first-order chi connectivity index (χ1) is 11.8. The summed E-state index contributed by atoms with van der Waals surface area (Å²) in [4.78, 5) is 25.1. The Bertz CT molecular complexity index is 771. The Hall–Kier alpha value is -2.61. The molecule has 3 heterocycles. The van der Waals surface area contributed by atoms with E-state index in [9.17, 15) is 4.79 Å². The number of hydrogen-bond donors (Lipinski definition) is 1. The van der Waals surface area contributed by atoms with E-state index < -0.39 is 0 Å². The summed E-state index contributed by atoms with van der Waals surface area (Å²) in [5, 5.41) is 9.93. The zero-order chi connectivity index (χ0) is 16.8. The Balaban J connectivity index is 1.53. The van der Waals surface area contributed by atoms with Gasteiger partial charge < -0.3 is 5.32 Å². The smallest absolute Gasteiger partial charge is 0.244 e. The minimum atomic E-state index is -0.273. The van der Waals surface area contributed by atoms with Crippen molar-refractivity contribution in [3.05, 3.63) is 48.1 Å². The monoisotopic (exact) mass is 342 g/mol. The van der Waals surface area contributed by atoms with E-state index in [-0.39, 0.29) is 11.9 Å². The zero-order valence-electron chi connectivity index (χ0n) is 13.3. The number of carbonyl (C=O) groups excluding carboxylic acids is 1. The van der Waals surface area contributed by atoms with Crippen molar-refractivity contribution in [2.24, 2.45) is 0 Å². The van der Waals surface area contributed by atoms with E-state index in [0.29, 0.717) is 19.4 Å². The molecule has 0 radical (unpaired) electrons. The number of thiazole rings is 1. The highest BCUT2D eigenvalue weighted by atomic mass is 32.1. The maximum absolute atomic E-state index is 12.3. The van der Waals surface area contributed by atoms with E-state index in [4.69, 9.17) is 0 Å². The first kappa shape index (κ1) is 16.3. The van der Waals surface area contributed by atoms with Crippen molar-refractivity contribution in [2.45, 2.75) is 25.8 Å². The van der Waals surface area contributed by atoms with Gasteiger partial charge in [-0.1, -0.05) is 6.92 Å². The molecule has 0 aliphatic carbocycles. The lowest BCUT2D eigenvalue weighted by molar-refractivity contribution is -0.124. The summed E-state index contributed by atoms with van der Waals surface area (Å²) >= 11 is 1.53. The van der Waals surface area contributed by atoms with Gasteiger partial charge in [0.2, 0.25) is 5.91 Å². The molecular weight excluding hydrogens is 324 g/mol. The molecule has 1 N–H and O–H groups in total. The third-order valence-electron chi connectivity index (χ3n) is 3.55. The van der Waals surface area contributed by atoms with Crippen LogP contribution >= 0.6 is 11.3 Å². The highest BCUT2D eigenvalue weighted by Crippen LogP contribution is 2.20. The van der Waals surface area contributed by atoms with Crippen LogP contribution in [0.25, 0.3) is 10.7 Å². The lowest BCUT2D eigenvalue weighted by atomic mass is 10.2. The zero-order valence-corrected chi connectivity index (χ0v) is 14.1. The van der Waals surface area contributed by atoms with Gasteiger partial charge in [-0.05, 0) is 12.5 Å². The average molecular weight is 342 g/mol. The quantitative estimate of drug-likeness (QED) is 0.711. The molecule has 0 aliphatic heterocycles. The summed E-state index contributed by atoms with van der Waals surface area (Å²) in [5.41, 5.74) is 1.70. The second kappa shape index (κ2) is 7.78. The molecule has 0 spiro atoms. The SMILES string of the molecule is CC[C@H](C(=O)NCCc1csc(-c2cnccn2)n1)n1cccn1. The van der Waals surface area contributed by atoms with Crippen molar-refractivity contribution in [3.63, 3.8) is 0 Å². The molecule has 0 aromatic carbocycles. The Morgan fingerprint density at radius 3 is 3.00 bits per heavy atom. The van der Waals surface area contributed by atoms with Gasteiger partial charge in [0, 0.05) is 43.1 Å².